The molecule has 3 heterocycles. The van der Waals surface area contributed by atoms with Gasteiger partial charge >= 0.3 is 0 Å². The molecule has 184 valence electrons. The lowest BCUT2D eigenvalue weighted by atomic mass is 9.89. The van der Waals surface area contributed by atoms with E-state index in [9.17, 15) is 4.79 Å². The predicted molar refractivity (Wildman–Crippen MR) is 137 cm³/mol. The van der Waals surface area contributed by atoms with E-state index >= 15 is 0 Å². The molecule has 7 heteroatoms. The van der Waals surface area contributed by atoms with Crippen LogP contribution in [0, 0.1) is 5.92 Å². The quantitative estimate of drug-likeness (QED) is 0.668. The van der Waals surface area contributed by atoms with Crippen LogP contribution in [0.1, 0.15) is 30.5 Å². The van der Waals surface area contributed by atoms with Gasteiger partial charge in [0.1, 0.15) is 18.1 Å². The highest BCUT2D eigenvalue weighted by atomic mass is 16.6. The van der Waals surface area contributed by atoms with E-state index in [-0.39, 0.29) is 17.9 Å². The molecule has 35 heavy (non-hydrogen) atoms. The summed E-state index contributed by atoms with van der Waals surface area (Å²) in [6, 6.07) is 16.6. The summed E-state index contributed by atoms with van der Waals surface area (Å²) >= 11 is 0. The lowest BCUT2D eigenvalue weighted by Crippen LogP contribution is -2.50. The van der Waals surface area contributed by atoms with Crippen molar-refractivity contribution in [3.8, 4) is 5.75 Å². The number of hydrogen-bond acceptors (Lipinski definition) is 6. The summed E-state index contributed by atoms with van der Waals surface area (Å²) < 4.78 is 6.11. The van der Waals surface area contributed by atoms with Gasteiger partial charge in [-0.2, -0.15) is 0 Å². The minimum Gasteiger partial charge on any atom is -0.492 e. The summed E-state index contributed by atoms with van der Waals surface area (Å²) in [5.74, 6) is 0.928. The van der Waals surface area contributed by atoms with Gasteiger partial charge in [0.15, 0.2) is 6.10 Å². The summed E-state index contributed by atoms with van der Waals surface area (Å²) in [6.45, 7) is 10.9. The Bertz CT molecular complexity index is 1110. The van der Waals surface area contributed by atoms with Gasteiger partial charge < -0.3 is 14.9 Å². The van der Waals surface area contributed by atoms with Gasteiger partial charge in [0.25, 0.3) is 0 Å². The first-order chi connectivity index (χ1) is 17.0. The highest BCUT2D eigenvalue weighted by Crippen LogP contribution is 2.35. The summed E-state index contributed by atoms with van der Waals surface area (Å²) in [7, 11) is 0. The van der Waals surface area contributed by atoms with E-state index in [1.54, 1.807) is 0 Å². The van der Waals surface area contributed by atoms with Gasteiger partial charge in [0.2, 0.25) is 5.91 Å². The highest BCUT2D eigenvalue weighted by molar-refractivity contribution is 6.06. The fraction of sp³-hybridized carbons (Fsp3) is 0.429. The van der Waals surface area contributed by atoms with Crippen molar-refractivity contribution in [2.75, 3.05) is 45.9 Å². The third-order valence-electron chi connectivity index (χ3n) is 6.96. The van der Waals surface area contributed by atoms with E-state index in [1.807, 2.05) is 18.2 Å². The molecule has 0 radical (unpaired) electrons. The zero-order valence-electron chi connectivity index (χ0n) is 20.6. The van der Waals surface area contributed by atoms with Gasteiger partial charge in [-0.1, -0.05) is 53.2 Å². The molecule has 3 aliphatic rings. The van der Waals surface area contributed by atoms with E-state index in [2.05, 4.69) is 63.6 Å². The molecule has 2 unspecified atom stereocenters. The number of nitrogens with zero attached hydrogens (tertiary/aromatic N) is 3. The second-order valence-electron chi connectivity index (χ2n) is 9.76. The number of rotatable bonds is 7. The van der Waals surface area contributed by atoms with Crippen LogP contribution in [0.3, 0.4) is 0 Å². The number of amides is 1. The number of oxime groups is 1. The Morgan fingerprint density at radius 3 is 2.63 bits per heavy atom. The maximum atomic E-state index is 11.2. The largest absolute Gasteiger partial charge is 0.492 e. The zero-order valence-corrected chi connectivity index (χ0v) is 20.6. The van der Waals surface area contributed by atoms with Gasteiger partial charge in [0, 0.05) is 58.3 Å². The first-order valence-electron chi connectivity index (χ1n) is 12.5. The molecule has 0 saturated carbocycles. The van der Waals surface area contributed by atoms with Crippen molar-refractivity contribution in [1.29, 1.82) is 0 Å². The van der Waals surface area contributed by atoms with E-state index in [1.165, 1.54) is 18.1 Å². The topological polar surface area (TPSA) is 66.4 Å². The van der Waals surface area contributed by atoms with Crippen LogP contribution in [0.5, 0.6) is 5.75 Å². The van der Waals surface area contributed by atoms with E-state index < -0.39 is 0 Å². The molecule has 2 aromatic rings. The number of ether oxygens (including phenoxy) is 1. The van der Waals surface area contributed by atoms with Gasteiger partial charge in [0.05, 0.1) is 5.92 Å². The third kappa shape index (κ3) is 5.74. The van der Waals surface area contributed by atoms with Crippen LogP contribution in [-0.4, -0.2) is 73.4 Å². The van der Waals surface area contributed by atoms with Crippen LogP contribution in [0.25, 0.3) is 6.08 Å². The van der Waals surface area contributed by atoms with Crippen LogP contribution in [-0.2, 0) is 16.2 Å². The molecule has 0 bridgehead atoms. The molecule has 0 aliphatic carbocycles. The van der Waals surface area contributed by atoms with Crippen molar-refractivity contribution in [3.63, 3.8) is 0 Å². The number of nitrogens with one attached hydrogen (secondary N) is 1. The Morgan fingerprint density at radius 1 is 1.09 bits per heavy atom. The summed E-state index contributed by atoms with van der Waals surface area (Å²) in [5.41, 5.74) is 5.65. The first kappa shape index (κ1) is 23.6. The maximum Gasteiger partial charge on any atom is 0.217 e. The monoisotopic (exact) mass is 474 g/mol. The smallest absolute Gasteiger partial charge is 0.217 e. The van der Waals surface area contributed by atoms with Crippen molar-refractivity contribution in [2.45, 2.75) is 26.5 Å². The van der Waals surface area contributed by atoms with Crippen LogP contribution in [0.4, 0.5) is 0 Å². The fourth-order valence-corrected chi connectivity index (χ4v) is 5.07. The first-order valence-corrected chi connectivity index (χ1v) is 12.5. The highest BCUT2D eigenvalue weighted by Gasteiger charge is 2.40. The maximum absolute atomic E-state index is 11.2. The Morgan fingerprint density at radius 2 is 1.86 bits per heavy atom. The second kappa shape index (κ2) is 10.6. The normalized spacial score (nSPS) is 22.5. The molecule has 1 saturated heterocycles. The van der Waals surface area contributed by atoms with Crippen molar-refractivity contribution in [3.05, 3.63) is 70.8 Å². The van der Waals surface area contributed by atoms with Crippen molar-refractivity contribution < 1.29 is 14.4 Å². The predicted octanol–water partition coefficient (Wildman–Crippen LogP) is 3.16. The van der Waals surface area contributed by atoms with Crippen molar-refractivity contribution in [2.24, 2.45) is 11.1 Å². The molecular weight excluding hydrogens is 440 g/mol. The second-order valence-corrected chi connectivity index (χ2v) is 9.76. The molecule has 1 N–H and O–H groups in total. The molecule has 0 spiro atoms. The van der Waals surface area contributed by atoms with Crippen LogP contribution in [0.15, 0.2) is 59.3 Å². The van der Waals surface area contributed by atoms with Gasteiger partial charge in [-0.05, 0) is 30.2 Å². The molecule has 1 amide bonds. The number of piperazine rings is 1. The summed E-state index contributed by atoms with van der Waals surface area (Å²) in [5, 5.41) is 7.30. The van der Waals surface area contributed by atoms with Crippen LogP contribution >= 0.6 is 0 Å². The summed E-state index contributed by atoms with van der Waals surface area (Å²) in [4.78, 5) is 22.1. The molecule has 7 nitrogen and oxygen atoms in total. The Labute approximate surface area is 207 Å². The minimum atomic E-state index is -0.0419. The van der Waals surface area contributed by atoms with E-state index in [4.69, 9.17) is 9.57 Å². The Balaban J connectivity index is 1.12. The number of fused-ring (bicyclic) bond motifs is 3. The van der Waals surface area contributed by atoms with E-state index in [0.29, 0.717) is 13.2 Å². The molecule has 2 aromatic carbocycles. The molecule has 5 rings (SSSR count). The summed E-state index contributed by atoms with van der Waals surface area (Å²) in [6.07, 6.45) is 2.30. The Hall–Kier alpha value is -3.16. The number of carbonyl (C=O) groups is 1. The third-order valence-corrected chi connectivity index (χ3v) is 6.96. The van der Waals surface area contributed by atoms with Crippen LogP contribution in [0.2, 0.25) is 0 Å². The Kier molecular flexibility index (Phi) is 7.16. The average Bonchev–Trinajstić information content (AvgIpc) is 3.27. The lowest BCUT2D eigenvalue weighted by Gasteiger charge is -2.36. The number of benzene rings is 2. The van der Waals surface area contributed by atoms with Gasteiger partial charge in [-0.25, -0.2) is 0 Å². The molecular formula is C28H34N4O3. The SMILES string of the molecule is CC(=O)NCc1ccc2c(c1)OCC1C2=NOC1CN1CCN(C/C(C)=C/c2ccccc2)CC1. The lowest BCUT2D eigenvalue weighted by molar-refractivity contribution is -0.119. The number of carbonyl (C=O) groups excluding carboxylic acids is 1. The molecule has 2 atom stereocenters. The zero-order chi connectivity index (χ0) is 24.2. The van der Waals surface area contributed by atoms with Crippen molar-refractivity contribution in [1.82, 2.24) is 15.1 Å². The van der Waals surface area contributed by atoms with Gasteiger partial charge in [-0.3, -0.25) is 14.6 Å². The minimum absolute atomic E-state index is 0.0171. The average molecular weight is 475 g/mol. The standard InChI is InChI=1S/C28H34N4O3/c1-20(14-22-6-4-3-5-7-22)17-31-10-12-32(13-11-31)18-27-25-19-34-26-15-23(16-29-21(2)33)8-9-24(26)28(25)30-35-27/h3-9,14-15,25,27H,10-13,16-19H2,1-2H3,(H,29,33)/b20-14+. The number of hydrogen-bond donors (Lipinski definition) is 1. The fourth-order valence-electron chi connectivity index (χ4n) is 5.07. The molecule has 1 fully saturated rings. The van der Waals surface area contributed by atoms with E-state index in [0.717, 1.165) is 61.9 Å². The van der Waals surface area contributed by atoms with Crippen LogP contribution < -0.4 is 10.1 Å². The molecule has 0 aromatic heterocycles. The van der Waals surface area contributed by atoms with Crippen molar-refractivity contribution >= 4 is 17.7 Å². The van der Waals surface area contributed by atoms with Gasteiger partial charge in [-0.15, -0.1) is 0 Å². The molecule has 3 aliphatic heterocycles.